The Morgan fingerprint density at radius 1 is 1.07 bits per heavy atom. The molecule has 0 unspecified atom stereocenters. The van der Waals surface area contributed by atoms with E-state index in [1.165, 1.54) is 6.07 Å². The highest BCUT2D eigenvalue weighted by Crippen LogP contribution is 2.44. The van der Waals surface area contributed by atoms with Crippen LogP contribution < -0.4 is 5.32 Å². The first-order valence-electron chi connectivity index (χ1n) is 9.59. The van der Waals surface area contributed by atoms with Crippen LogP contribution in [0, 0.1) is 17.7 Å². The largest absolute Gasteiger partial charge is 0.343 e. The Balaban J connectivity index is 0.00000240. The van der Waals surface area contributed by atoms with Gasteiger partial charge < -0.3 is 10.2 Å². The lowest BCUT2D eigenvalue weighted by Gasteiger charge is -2.27. The van der Waals surface area contributed by atoms with E-state index in [1.807, 2.05) is 17.0 Å². The van der Waals surface area contributed by atoms with Crippen molar-refractivity contribution in [2.75, 3.05) is 33.2 Å². The van der Waals surface area contributed by atoms with Crippen LogP contribution in [0.15, 0.2) is 54.6 Å². The van der Waals surface area contributed by atoms with Gasteiger partial charge in [-0.1, -0.05) is 30.3 Å². The van der Waals surface area contributed by atoms with Crippen LogP contribution in [-0.4, -0.2) is 54.8 Å². The van der Waals surface area contributed by atoms with Crippen molar-refractivity contribution in [1.29, 1.82) is 0 Å². The van der Waals surface area contributed by atoms with Gasteiger partial charge in [-0.05, 0) is 42.8 Å². The molecule has 2 heterocycles. The van der Waals surface area contributed by atoms with Crippen LogP contribution in [0.5, 0.6) is 0 Å². The zero-order valence-electron chi connectivity index (χ0n) is 16.3. The Labute approximate surface area is 176 Å². The molecule has 0 radical (unpaired) electrons. The van der Waals surface area contributed by atoms with Crippen LogP contribution >= 0.6 is 12.4 Å². The van der Waals surface area contributed by atoms with Gasteiger partial charge in [-0.3, -0.25) is 14.5 Å². The Morgan fingerprint density at radius 3 is 2.55 bits per heavy atom. The molecule has 2 aliphatic rings. The van der Waals surface area contributed by atoms with Gasteiger partial charge in [0.25, 0.3) is 5.91 Å². The van der Waals surface area contributed by atoms with Crippen LogP contribution in [0.3, 0.4) is 0 Å². The number of nitrogens with one attached hydrogen (secondary N) is 1. The smallest absolute Gasteiger partial charge is 0.251 e. The Morgan fingerprint density at radius 2 is 1.83 bits per heavy atom. The van der Waals surface area contributed by atoms with Crippen molar-refractivity contribution < 1.29 is 14.0 Å². The molecule has 7 heteroatoms. The van der Waals surface area contributed by atoms with Gasteiger partial charge >= 0.3 is 0 Å². The highest BCUT2D eigenvalue weighted by Gasteiger charge is 2.47. The lowest BCUT2D eigenvalue weighted by atomic mass is 9.89. The summed E-state index contributed by atoms with van der Waals surface area (Å²) >= 11 is 0. The summed E-state index contributed by atoms with van der Waals surface area (Å²) in [5, 5.41) is 2.71. The fraction of sp³-hybridized carbons (Fsp3) is 0.364. The van der Waals surface area contributed by atoms with Gasteiger partial charge in [-0.2, -0.15) is 0 Å². The molecular formula is C22H25ClFN3O2. The van der Waals surface area contributed by atoms with Gasteiger partial charge in [-0.25, -0.2) is 4.39 Å². The van der Waals surface area contributed by atoms with Crippen molar-refractivity contribution in [2.24, 2.45) is 11.8 Å². The number of likely N-dealkylation sites (tertiary alicyclic amines) is 2. The van der Waals surface area contributed by atoms with E-state index in [0.29, 0.717) is 24.6 Å². The highest BCUT2D eigenvalue weighted by molar-refractivity contribution is 5.96. The normalized spacial score (nSPS) is 23.4. The second-order valence-corrected chi connectivity index (χ2v) is 7.71. The molecule has 2 fully saturated rings. The van der Waals surface area contributed by atoms with Gasteiger partial charge in [0.05, 0.1) is 6.54 Å². The summed E-state index contributed by atoms with van der Waals surface area (Å²) in [6.45, 7) is 2.19. The molecule has 154 valence electrons. The van der Waals surface area contributed by atoms with Crippen molar-refractivity contribution in [1.82, 2.24) is 15.1 Å². The molecule has 5 nitrogen and oxygen atoms in total. The average Bonchev–Trinajstić information content (AvgIpc) is 3.23. The maximum atomic E-state index is 13.7. The van der Waals surface area contributed by atoms with Crippen LogP contribution in [0.1, 0.15) is 22.0 Å². The molecule has 0 spiro atoms. The molecule has 2 aromatic rings. The zero-order chi connectivity index (χ0) is 19.7. The summed E-state index contributed by atoms with van der Waals surface area (Å²) in [7, 11) is 2.06. The molecule has 2 aromatic carbocycles. The van der Waals surface area contributed by atoms with Crippen molar-refractivity contribution in [2.45, 2.75) is 6.04 Å². The van der Waals surface area contributed by atoms with E-state index < -0.39 is 0 Å². The minimum absolute atomic E-state index is 0. The van der Waals surface area contributed by atoms with Crippen LogP contribution in [-0.2, 0) is 4.79 Å². The first kappa shape index (κ1) is 21.3. The van der Waals surface area contributed by atoms with Crippen molar-refractivity contribution in [3.8, 4) is 0 Å². The van der Waals surface area contributed by atoms with Crippen LogP contribution in [0.4, 0.5) is 4.39 Å². The predicted octanol–water partition coefficient (Wildman–Crippen LogP) is 2.74. The molecule has 29 heavy (non-hydrogen) atoms. The summed E-state index contributed by atoms with van der Waals surface area (Å²) < 4.78 is 13.7. The van der Waals surface area contributed by atoms with Gasteiger partial charge in [0.2, 0.25) is 5.91 Å². The average molecular weight is 418 g/mol. The second-order valence-electron chi connectivity index (χ2n) is 7.71. The van der Waals surface area contributed by atoms with Gasteiger partial charge in [-0.15, -0.1) is 12.4 Å². The molecule has 2 saturated heterocycles. The third-order valence-electron chi connectivity index (χ3n) is 5.87. The monoisotopic (exact) mass is 417 g/mol. The zero-order valence-corrected chi connectivity index (χ0v) is 17.1. The van der Waals surface area contributed by atoms with Gasteiger partial charge in [0.15, 0.2) is 0 Å². The number of benzene rings is 2. The quantitative estimate of drug-likeness (QED) is 0.832. The fourth-order valence-corrected chi connectivity index (χ4v) is 4.61. The number of halogens is 2. The van der Waals surface area contributed by atoms with E-state index in [4.69, 9.17) is 0 Å². The Bertz CT molecular complexity index is 879. The summed E-state index contributed by atoms with van der Waals surface area (Å²) in [6.07, 6.45) is 0. The van der Waals surface area contributed by atoms with Crippen molar-refractivity contribution in [3.63, 3.8) is 0 Å². The first-order chi connectivity index (χ1) is 13.5. The molecule has 3 atom stereocenters. The lowest BCUT2D eigenvalue weighted by Crippen LogP contribution is -2.40. The third-order valence-corrected chi connectivity index (χ3v) is 5.87. The van der Waals surface area contributed by atoms with E-state index in [1.54, 1.807) is 36.4 Å². The number of nitrogens with zero attached hydrogens (tertiary/aromatic N) is 2. The number of carbonyl (C=O) groups excluding carboxylic acids is 2. The van der Waals surface area contributed by atoms with Crippen molar-refractivity contribution in [3.05, 3.63) is 71.5 Å². The first-order valence-corrected chi connectivity index (χ1v) is 9.59. The molecule has 1 N–H and O–H groups in total. The summed E-state index contributed by atoms with van der Waals surface area (Å²) in [4.78, 5) is 28.9. The minimum atomic E-state index is -0.245. The Kier molecular flexibility index (Phi) is 6.55. The van der Waals surface area contributed by atoms with Gasteiger partial charge in [0.1, 0.15) is 5.82 Å². The topological polar surface area (TPSA) is 52.6 Å². The predicted molar refractivity (Wildman–Crippen MR) is 111 cm³/mol. The maximum absolute atomic E-state index is 13.7. The molecular weight excluding hydrogens is 393 g/mol. The number of hydrogen-bond donors (Lipinski definition) is 1. The van der Waals surface area contributed by atoms with Crippen LogP contribution in [0.25, 0.3) is 0 Å². The third kappa shape index (κ3) is 4.43. The summed E-state index contributed by atoms with van der Waals surface area (Å²) in [5.74, 6) is 0.0987. The fourth-order valence-electron chi connectivity index (χ4n) is 4.61. The number of fused-ring (bicyclic) bond motifs is 1. The molecule has 0 saturated carbocycles. The molecule has 2 aliphatic heterocycles. The van der Waals surface area contributed by atoms with E-state index in [0.717, 1.165) is 12.1 Å². The molecule has 2 amide bonds. The van der Waals surface area contributed by atoms with E-state index in [9.17, 15) is 14.0 Å². The number of rotatable bonds is 4. The standard InChI is InChI=1S/C22H24FN3O2.ClH/c1-25-12-17-13-26(14-19(17)21(25)16-8-5-9-18(23)10-16)20(27)11-24-22(28)15-6-3-2-4-7-15;/h2-10,17,19,21H,11-14H2,1H3,(H,24,28);1H/t17-,19+,21-;/m0./s1. The molecule has 0 aromatic heterocycles. The lowest BCUT2D eigenvalue weighted by molar-refractivity contribution is -0.129. The number of carbonyl (C=O) groups is 2. The van der Waals surface area contributed by atoms with Crippen LogP contribution in [0.2, 0.25) is 0 Å². The second kappa shape index (κ2) is 8.93. The minimum Gasteiger partial charge on any atom is -0.343 e. The van der Waals surface area contributed by atoms with Crippen molar-refractivity contribution >= 4 is 24.2 Å². The maximum Gasteiger partial charge on any atom is 0.251 e. The SMILES string of the molecule is CN1C[C@H]2CN(C(=O)CNC(=O)c3ccccc3)C[C@H]2[C@@H]1c1cccc(F)c1.Cl. The molecule has 4 rings (SSSR count). The van der Waals surface area contributed by atoms with E-state index >= 15 is 0 Å². The van der Waals surface area contributed by atoms with E-state index in [-0.39, 0.29) is 48.5 Å². The molecule has 0 aliphatic carbocycles. The number of amides is 2. The Hall–Kier alpha value is -2.44. The summed E-state index contributed by atoms with van der Waals surface area (Å²) in [5.41, 5.74) is 1.50. The molecule has 0 bridgehead atoms. The summed E-state index contributed by atoms with van der Waals surface area (Å²) in [6, 6.07) is 15.7. The van der Waals surface area contributed by atoms with E-state index in [2.05, 4.69) is 17.3 Å². The number of hydrogen-bond acceptors (Lipinski definition) is 3. The highest BCUT2D eigenvalue weighted by atomic mass is 35.5. The van der Waals surface area contributed by atoms with Gasteiger partial charge in [0, 0.05) is 37.2 Å².